The summed E-state index contributed by atoms with van der Waals surface area (Å²) in [4.78, 5) is 0. The molecule has 0 bridgehead atoms. The number of hydrogen-bond donors (Lipinski definition) is 1. The Morgan fingerprint density at radius 1 is 1.11 bits per heavy atom. The number of hydrogen-bond acceptors (Lipinski definition) is 2. The largest absolute Gasteiger partial charge is 0.381 e. The van der Waals surface area contributed by atoms with Crippen molar-refractivity contribution in [1.29, 1.82) is 0 Å². The first-order valence-corrected chi connectivity index (χ1v) is 8.21. The molecule has 0 aromatic rings. The van der Waals surface area contributed by atoms with Crippen LogP contribution in [0.4, 0.5) is 0 Å². The summed E-state index contributed by atoms with van der Waals surface area (Å²) in [7, 11) is 0. The van der Waals surface area contributed by atoms with Crippen LogP contribution in [0.25, 0.3) is 0 Å². The van der Waals surface area contributed by atoms with Crippen molar-refractivity contribution in [2.75, 3.05) is 19.8 Å². The molecule has 2 nitrogen and oxygen atoms in total. The smallest absolute Gasteiger partial charge is 0.0510 e. The Morgan fingerprint density at radius 2 is 1.89 bits per heavy atom. The quantitative estimate of drug-likeness (QED) is 0.728. The lowest BCUT2D eigenvalue weighted by atomic mass is 9.86. The Bertz CT molecular complexity index is 205. The van der Waals surface area contributed by atoms with Crippen molar-refractivity contribution in [1.82, 2.24) is 5.32 Å². The highest BCUT2D eigenvalue weighted by Gasteiger charge is 2.27. The van der Waals surface area contributed by atoms with Crippen molar-refractivity contribution in [3.63, 3.8) is 0 Å². The van der Waals surface area contributed by atoms with Crippen LogP contribution < -0.4 is 5.32 Å². The van der Waals surface area contributed by atoms with Gasteiger partial charge in [-0.1, -0.05) is 45.4 Å². The van der Waals surface area contributed by atoms with Gasteiger partial charge >= 0.3 is 0 Å². The predicted octanol–water partition coefficient (Wildman–Crippen LogP) is 3.75. The summed E-state index contributed by atoms with van der Waals surface area (Å²) in [6.07, 6.45) is 12.7. The maximum absolute atomic E-state index is 5.59. The van der Waals surface area contributed by atoms with Crippen molar-refractivity contribution in [2.45, 2.75) is 70.8 Å². The van der Waals surface area contributed by atoms with E-state index < -0.39 is 0 Å². The third kappa shape index (κ3) is 4.55. The molecule has 0 aromatic heterocycles. The van der Waals surface area contributed by atoms with Crippen LogP contribution in [-0.2, 0) is 4.74 Å². The van der Waals surface area contributed by atoms with E-state index in [0.29, 0.717) is 0 Å². The Kier molecular flexibility index (Phi) is 6.50. The Balaban J connectivity index is 1.82. The minimum absolute atomic E-state index is 0.718. The monoisotopic (exact) mass is 253 g/mol. The maximum atomic E-state index is 5.59. The third-order valence-corrected chi connectivity index (χ3v) is 4.75. The minimum Gasteiger partial charge on any atom is -0.381 e. The van der Waals surface area contributed by atoms with Gasteiger partial charge in [0.05, 0.1) is 6.61 Å². The van der Waals surface area contributed by atoms with Gasteiger partial charge in [0.25, 0.3) is 0 Å². The van der Waals surface area contributed by atoms with Crippen molar-refractivity contribution >= 4 is 0 Å². The van der Waals surface area contributed by atoms with Gasteiger partial charge in [-0.25, -0.2) is 0 Å². The van der Waals surface area contributed by atoms with Gasteiger partial charge in [0.15, 0.2) is 0 Å². The molecular formula is C16H31NO. The van der Waals surface area contributed by atoms with Crippen LogP contribution in [0, 0.1) is 11.8 Å². The van der Waals surface area contributed by atoms with Crippen LogP contribution in [0.1, 0.15) is 64.7 Å². The fourth-order valence-corrected chi connectivity index (χ4v) is 3.60. The average Bonchev–Trinajstić information content (AvgIpc) is 2.80. The van der Waals surface area contributed by atoms with E-state index in [1.165, 1.54) is 64.3 Å². The van der Waals surface area contributed by atoms with Crippen LogP contribution in [0.5, 0.6) is 0 Å². The second kappa shape index (κ2) is 8.16. The van der Waals surface area contributed by atoms with Crippen molar-refractivity contribution < 1.29 is 4.74 Å². The zero-order chi connectivity index (χ0) is 12.6. The lowest BCUT2D eigenvalue weighted by Crippen LogP contribution is -2.38. The summed E-state index contributed by atoms with van der Waals surface area (Å²) in [6, 6.07) is 0.718. The SMILES string of the molecule is CCCNC(CC1CCCCCC1)C1CCOC1. The molecule has 2 fully saturated rings. The molecular weight excluding hydrogens is 222 g/mol. The highest BCUT2D eigenvalue weighted by atomic mass is 16.5. The van der Waals surface area contributed by atoms with Crippen LogP contribution in [0.3, 0.4) is 0 Å². The van der Waals surface area contributed by atoms with Crippen molar-refractivity contribution in [2.24, 2.45) is 11.8 Å². The number of ether oxygens (including phenoxy) is 1. The molecule has 0 amide bonds. The molecule has 2 aliphatic rings. The van der Waals surface area contributed by atoms with Crippen molar-refractivity contribution in [3.8, 4) is 0 Å². The first kappa shape index (κ1) is 14.3. The summed E-state index contributed by atoms with van der Waals surface area (Å²) in [5.74, 6) is 1.75. The van der Waals surface area contributed by atoms with E-state index in [1.54, 1.807) is 0 Å². The summed E-state index contributed by atoms with van der Waals surface area (Å²) >= 11 is 0. The second-order valence-electron chi connectivity index (χ2n) is 6.28. The standard InChI is InChI=1S/C16H31NO/c1-2-10-17-16(15-9-11-18-13-15)12-14-7-5-3-4-6-8-14/h14-17H,2-13H2,1H3. The highest BCUT2D eigenvalue weighted by Crippen LogP contribution is 2.30. The Morgan fingerprint density at radius 3 is 2.50 bits per heavy atom. The zero-order valence-electron chi connectivity index (χ0n) is 12.1. The van der Waals surface area contributed by atoms with Gasteiger partial charge in [-0.3, -0.25) is 0 Å². The van der Waals surface area contributed by atoms with E-state index in [0.717, 1.165) is 31.1 Å². The van der Waals surface area contributed by atoms with E-state index in [9.17, 15) is 0 Å². The van der Waals surface area contributed by atoms with Gasteiger partial charge in [-0.15, -0.1) is 0 Å². The molecule has 1 aliphatic heterocycles. The average molecular weight is 253 g/mol. The number of rotatable bonds is 6. The zero-order valence-corrected chi connectivity index (χ0v) is 12.1. The topological polar surface area (TPSA) is 21.3 Å². The van der Waals surface area contributed by atoms with Gasteiger partial charge < -0.3 is 10.1 Å². The molecule has 1 saturated heterocycles. The third-order valence-electron chi connectivity index (χ3n) is 4.75. The van der Waals surface area contributed by atoms with Crippen LogP contribution in [-0.4, -0.2) is 25.8 Å². The van der Waals surface area contributed by atoms with Crippen LogP contribution in [0.2, 0.25) is 0 Å². The molecule has 2 rings (SSSR count). The summed E-state index contributed by atoms with van der Waals surface area (Å²) in [5.41, 5.74) is 0. The molecule has 1 aliphatic carbocycles. The molecule has 0 radical (unpaired) electrons. The predicted molar refractivity (Wildman–Crippen MR) is 76.8 cm³/mol. The van der Waals surface area contributed by atoms with Gasteiger partial charge in [-0.05, 0) is 37.6 Å². The lowest BCUT2D eigenvalue weighted by Gasteiger charge is -2.28. The molecule has 2 unspecified atom stereocenters. The van der Waals surface area contributed by atoms with Crippen LogP contribution >= 0.6 is 0 Å². The molecule has 1 N–H and O–H groups in total. The van der Waals surface area contributed by atoms with Crippen LogP contribution in [0.15, 0.2) is 0 Å². The normalized spacial score (nSPS) is 28.2. The molecule has 1 saturated carbocycles. The molecule has 2 atom stereocenters. The lowest BCUT2D eigenvalue weighted by molar-refractivity contribution is 0.170. The maximum Gasteiger partial charge on any atom is 0.0510 e. The molecule has 0 spiro atoms. The molecule has 2 heteroatoms. The van der Waals surface area contributed by atoms with E-state index in [4.69, 9.17) is 4.74 Å². The fourth-order valence-electron chi connectivity index (χ4n) is 3.60. The van der Waals surface area contributed by atoms with E-state index in [-0.39, 0.29) is 0 Å². The van der Waals surface area contributed by atoms with E-state index >= 15 is 0 Å². The van der Waals surface area contributed by atoms with Gasteiger partial charge in [0, 0.05) is 12.6 Å². The van der Waals surface area contributed by atoms with Gasteiger partial charge in [-0.2, -0.15) is 0 Å². The molecule has 1 heterocycles. The second-order valence-corrected chi connectivity index (χ2v) is 6.28. The van der Waals surface area contributed by atoms with Gasteiger partial charge in [0.1, 0.15) is 0 Å². The Hall–Kier alpha value is -0.0800. The first-order chi connectivity index (χ1) is 8.90. The first-order valence-electron chi connectivity index (χ1n) is 8.21. The molecule has 106 valence electrons. The van der Waals surface area contributed by atoms with Gasteiger partial charge in [0.2, 0.25) is 0 Å². The molecule has 0 aromatic carbocycles. The van der Waals surface area contributed by atoms with E-state index in [1.807, 2.05) is 0 Å². The molecule has 18 heavy (non-hydrogen) atoms. The Labute approximate surface area is 113 Å². The summed E-state index contributed by atoms with van der Waals surface area (Å²) in [6.45, 7) is 5.42. The van der Waals surface area contributed by atoms with Crippen molar-refractivity contribution in [3.05, 3.63) is 0 Å². The highest BCUT2D eigenvalue weighted by molar-refractivity contribution is 4.82. The fraction of sp³-hybridized carbons (Fsp3) is 1.00. The van der Waals surface area contributed by atoms with E-state index in [2.05, 4.69) is 12.2 Å². The minimum atomic E-state index is 0.718. The summed E-state index contributed by atoms with van der Waals surface area (Å²) in [5, 5.41) is 3.80. The number of nitrogens with one attached hydrogen (secondary N) is 1. The summed E-state index contributed by atoms with van der Waals surface area (Å²) < 4.78 is 5.59.